The minimum Gasteiger partial charge on any atom is -0.347 e. The summed E-state index contributed by atoms with van der Waals surface area (Å²) < 4.78 is 0. The Bertz CT molecular complexity index is 757. The van der Waals surface area contributed by atoms with Gasteiger partial charge in [0.05, 0.1) is 11.7 Å². The summed E-state index contributed by atoms with van der Waals surface area (Å²) in [7, 11) is 1.99. The first-order chi connectivity index (χ1) is 11.7. The maximum absolute atomic E-state index is 4.79. The Kier molecular flexibility index (Phi) is 5.11. The third-order valence-electron chi connectivity index (χ3n) is 4.27. The predicted octanol–water partition coefficient (Wildman–Crippen LogP) is 5.05. The molecule has 3 rings (SSSR count). The monoisotopic (exact) mass is 319 g/mol. The van der Waals surface area contributed by atoms with Crippen LogP contribution in [0.3, 0.4) is 0 Å². The molecule has 2 aromatic carbocycles. The van der Waals surface area contributed by atoms with Gasteiger partial charge in [-0.2, -0.15) is 0 Å². The number of aromatic nitrogens is 2. The summed E-state index contributed by atoms with van der Waals surface area (Å²) in [4.78, 5) is 8.12. The van der Waals surface area contributed by atoms with Gasteiger partial charge in [-0.1, -0.05) is 68.4 Å². The molecular formula is C21H25N3. The number of benzene rings is 2. The molecule has 124 valence electrons. The first kappa shape index (κ1) is 16.5. The predicted molar refractivity (Wildman–Crippen MR) is 101 cm³/mol. The van der Waals surface area contributed by atoms with Gasteiger partial charge in [0.25, 0.3) is 0 Å². The molecule has 0 saturated carbocycles. The number of hydrogen-bond donors (Lipinski definition) is 2. The maximum Gasteiger partial charge on any atom is 0.124 e. The topological polar surface area (TPSA) is 40.7 Å². The molecule has 0 bridgehead atoms. The summed E-state index contributed by atoms with van der Waals surface area (Å²) in [5, 5.41) is 3.35. The quantitative estimate of drug-likeness (QED) is 0.667. The standard InChI is InChI=1S/C21H25N3/c1-15(2)13-19(22-3)21-23-14-20(24-21)18-11-9-17(10-12-18)16-7-5-4-6-8-16/h4-12,14-15,19,22H,13H2,1-3H3,(H,23,24)/t19-/m0/s1. The molecule has 1 atom stereocenters. The van der Waals surface area contributed by atoms with Crippen LogP contribution in [-0.2, 0) is 0 Å². The van der Waals surface area contributed by atoms with Crippen LogP contribution in [-0.4, -0.2) is 17.0 Å². The van der Waals surface area contributed by atoms with E-state index in [4.69, 9.17) is 4.98 Å². The summed E-state index contributed by atoms with van der Waals surface area (Å²) in [6, 6.07) is 19.3. The average Bonchev–Trinajstić information content (AvgIpc) is 3.10. The van der Waals surface area contributed by atoms with Crippen LogP contribution in [0.15, 0.2) is 60.8 Å². The Morgan fingerprint density at radius 3 is 2.17 bits per heavy atom. The van der Waals surface area contributed by atoms with E-state index in [2.05, 4.69) is 72.7 Å². The molecule has 24 heavy (non-hydrogen) atoms. The zero-order chi connectivity index (χ0) is 16.9. The van der Waals surface area contributed by atoms with Crippen LogP contribution in [0.4, 0.5) is 0 Å². The molecule has 0 aliphatic heterocycles. The van der Waals surface area contributed by atoms with E-state index < -0.39 is 0 Å². The van der Waals surface area contributed by atoms with Crippen LogP contribution in [0, 0.1) is 5.92 Å². The minimum atomic E-state index is 0.266. The highest BCUT2D eigenvalue weighted by Gasteiger charge is 2.15. The lowest BCUT2D eigenvalue weighted by Gasteiger charge is -2.15. The summed E-state index contributed by atoms with van der Waals surface area (Å²) in [5.74, 6) is 1.63. The van der Waals surface area contributed by atoms with Crippen molar-refractivity contribution in [2.75, 3.05) is 7.05 Å². The summed E-state index contributed by atoms with van der Waals surface area (Å²) in [6.07, 6.45) is 3.06. The van der Waals surface area contributed by atoms with Gasteiger partial charge in [-0.25, -0.2) is 4.98 Å². The Labute approximate surface area is 144 Å². The van der Waals surface area contributed by atoms with Crippen LogP contribution < -0.4 is 5.32 Å². The SMILES string of the molecule is CN[C@@H](CC(C)C)c1nc(-c2ccc(-c3ccccc3)cc2)c[nH]1. The highest BCUT2D eigenvalue weighted by Crippen LogP contribution is 2.25. The van der Waals surface area contributed by atoms with Crippen LogP contribution in [0.2, 0.25) is 0 Å². The largest absolute Gasteiger partial charge is 0.347 e. The second kappa shape index (κ2) is 7.45. The molecule has 0 amide bonds. The average molecular weight is 319 g/mol. The van der Waals surface area contributed by atoms with Crippen LogP contribution >= 0.6 is 0 Å². The van der Waals surface area contributed by atoms with Gasteiger partial charge < -0.3 is 10.3 Å². The number of imidazole rings is 1. The van der Waals surface area contributed by atoms with Crippen molar-refractivity contribution in [1.29, 1.82) is 0 Å². The van der Waals surface area contributed by atoms with Crippen molar-refractivity contribution in [3.8, 4) is 22.4 Å². The Balaban J connectivity index is 1.80. The van der Waals surface area contributed by atoms with Gasteiger partial charge >= 0.3 is 0 Å². The van der Waals surface area contributed by atoms with Crippen molar-refractivity contribution < 1.29 is 0 Å². The molecule has 1 heterocycles. The van der Waals surface area contributed by atoms with Crippen molar-refractivity contribution >= 4 is 0 Å². The van der Waals surface area contributed by atoms with Crippen molar-refractivity contribution in [2.45, 2.75) is 26.3 Å². The van der Waals surface area contributed by atoms with E-state index in [0.717, 1.165) is 23.5 Å². The van der Waals surface area contributed by atoms with Gasteiger partial charge in [0.2, 0.25) is 0 Å². The normalized spacial score (nSPS) is 12.5. The van der Waals surface area contributed by atoms with Gasteiger partial charge in [0.15, 0.2) is 0 Å². The minimum absolute atomic E-state index is 0.266. The number of H-pyrrole nitrogens is 1. The number of rotatable bonds is 6. The lowest BCUT2D eigenvalue weighted by Crippen LogP contribution is -2.19. The van der Waals surface area contributed by atoms with E-state index in [1.165, 1.54) is 11.1 Å². The van der Waals surface area contributed by atoms with Crippen molar-refractivity contribution in [3.05, 3.63) is 66.6 Å². The van der Waals surface area contributed by atoms with E-state index in [1.54, 1.807) is 0 Å². The summed E-state index contributed by atoms with van der Waals surface area (Å²) in [5.41, 5.74) is 4.59. The second-order valence-electron chi connectivity index (χ2n) is 6.59. The fraction of sp³-hybridized carbons (Fsp3) is 0.286. The van der Waals surface area contributed by atoms with Gasteiger partial charge in [0, 0.05) is 11.8 Å². The zero-order valence-corrected chi connectivity index (χ0v) is 14.6. The van der Waals surface area contributed by atoms with E-state index in [-0.39, 0.29) is 6.04 Å². The molecule has 0 fully saturated rings. The Morgan fingerprint density at radius 2 is 1.54 bits per heavy atom. The number of hydrogen-bond acceptors (Lipinski definition) is 2. The first-order valence-corrected chi connectivity index (χ1v) is 8.56. The third kappa shape index (κ3) is 3.74. The molecule has 0 aliphatic carbocycles. The molecule has 3 heteroatoms. The lowest BCUT2D eigenvalue weighted by molar-refractivity contribution is 0.442. The molecule has 0 spiro atoms. The molecule has 3 aromatic rings. The fourth-order valence-corrected chi connectivity index (χ4v) is 2.96. The molecule has 3 nitrogen and oxygen atoms in total. The highest BCUT2D eigenvalue weighted by atomic mass is 15.0. The molecule has 1 aromatic heterocycles. The van der Waals surface area contributed by atoms with E-state index >= 15 is 0 Å². The van der Waals surface area contributed by atoms with Crippen molar-refractivity contribution in [3.63, 3.8) is 0 Å². The molecule has 2 N–H and O–H groups in total. The van der Waals surface area contributed by atoms with Gasteiger partial charge in [-0.15, -0.1) is 0 Å². The maximum atomic E-state index is 4.79. The lowest BCUT2D eigenvalue weighted by atomic mass is 10.0. The number of nitrogens with zero attached hydrogens (tertiary/aromatic N) is 1. The Hall–Kier alpha value is -2.39. The molecule has 0 unspecified atom stereocenters. The summed E-state index contributed by atoms with van der Waals surface area (Å²) >= 11 is 0. The van der Waals surface area contributed by atoms with Crippen molar-refractivity contribution in [1.82, 2.24) is 15.3 Å². The first-order valence-electron chi connectivity index (χ1n) is 8.56. The van der Waals surface area contributed by atoms with Crippen LogP contribution in [0.5, 0.6) is 0 Å². The third-order valence-corrected chi connectivity index (χ3v) is 4.27. The van der Waals surface area contributed by atoms with Gasteiger partial charge in [-0.3, -0.25) is 0 Å². The van der Waals surface area contributed by atoms with Crippen LogP contribution in [0.25, 0.3) is 22.4 Å². The van der Waals surface area contributed by atoms with Crippen LogP contribution in [0.1, 0.15) is 32.1 Å². The smallest absolute Gasteiger partial charge is 0.124 e. The number of aromatic amines is 1. The highest BCUT2D eigenvalue weighted by molar-refractivity contribution is 5.68. The zero-order valence-electron chi connectivity index (χ0n) is 14.6. The fourth-order valence-electron chi connectivity index (χ4n) is 2.96. The molecule has 0 saturated heterocycles. The second-order valence-corrected chi connectivity index (χ2v) is 6.59. The Morgan fingerprint density at radius 1 is 0.917 bits per heavy atom. The van der Waals surface area contributed by atoms with E-state index in [1.807, 2.05) is 19.3 Å². The van der Waals surface area contributed by atoms with E-state index in [9.17, 15) is 0 Å². The number of nitrogens with one attached hydrogen (secondary N) is 2. The van der Waals surface area contributed by atoms with E-state index in [0.29, 0.717) is 5.92 Å². The summed E-state index contributed by atoms with van der Waals surface area (Å²) in [6.45, 7) is 4.47. The van der Waals surface area contributed by atoms with Gasteiger partial charge in [-0.05, 0) is 30.5 Å². The van der Waals surface area contributed by atoms with Crippen molar-refractivity contribution in [2.24, 2.45) is 5.92 Å². The molecule has 0 radical (unpaired) electrons. The van der Waals surface area contributed by atoms with Gasteiger partial charge in [0.1, 0.15) is 5.82 Å². The molecular weight excluding hydrogens is 294 g/mol. The molecule has 0 aliphatic rings.